The van der Waals surface area contributed by atoms with Gasteiger partial charge in [0.2, 0.25) is 5.91 Å². The lowest BCUT2D eigenvalue weighted by Crippen LogP contribution is -2.44. The summed E-state index contributed by atoms with van der Waals surface area (Å²) in [5.41, 5.74) is 2.85. The van der Waals surface area contributed by atoms with Crippen molar-refractivity contribution in [2.45, 2.75) is 25.9 Å². The van der Waals surface area contributed by atoms with Crippen LogP contribution in [0.3, 0.4) is 0 Å². The second-order valence-corrected chi connectivity index (χ2v) is 7.64. The Morgan fingerprint density at radius 3 is 2.81 bits per heavy atom. The molecule has 1 aliphatic heterocycles. The summed E-state index contributed by atoms with van der Waals surface area (Å²) in [6, 6.07) is 13.7. The van der Waals surface area contributed by atoms with Gasteiger partial charge >= 0.3 is 0 Å². The highest BCUT2D eigenvalue weighted by molar-refractivity contribution is 14.0. The number of carbonyl (C=O) groups excluding carboxylic acids is 1. The van der Waals surface area contributed by atoms with Crippen LogP contribution in [0.15, 0.2) is 47.5 Å². The Bertz CT molecular complexity index is 925. The predicted molar refractivity (Wildman–Crippen MR) is 138 cm³/mol. The number of amides is 1. The van der Waals surface area contributed by atoms with Crippen molar-refractivity contribution >= 4 is 58.8 Å². The standard InChI is InChI=1S/C22H28ClN5O2.HI/c1-15(29)26-18-6-4-5-16(11-18)13-25-22(24-2)27-19-9-10-28(14-19)20-12-17(23)7-8-21(20)30-3;/h4-8,11-12,19H,9-10,13-14H2,1-3H3,(H,26,29)(H2,24,25,27);1H. The SMILES string of the molecule is CN=C(NCc1cccc(NC(C)=O)c1)NC1CCN(c2cc(Cl)ccc2OC)C1.I. The highest BCUT2D eigenvalue weighted by Crippen LogP contribution is 2.33. The van der Waals surface area contributed by atoms with E-state index in [-0.39, 0.29) is 35.9 Å². The van der Waals surface area contributed by atoms with E-state index in [2.05, 4.69) is 25.8 Å². The number of hydrogen-bond acceptors (Lipinski definition) is 4. The third kappa shape index (κ3) is 7.17. The van der Waals surface area contributed by atoms with Gasteiger partial charge in [0.1, 0.15) is 5.75 Å². The highest BCUT2D eigenvalue weighted by atomic mass is 127. The van der Waals surface area contributed by atoms with E-state index < -0.39 is 0 Å². The Kier molecular flexibility index (Phi) is 9.70. The zero-order valence-electron chi connectivity index (χ0n) is 17.9. The van der Waals surface area contributed by atoms with Crippen LogP contribution in [0.1, 0.15) is 18.9 Å². The van der Waals surface area contributed by atoms with Crippen molar-refractivity contribution in [3.8, 4) is 5.75 Å². The molecule has 3 N–H and O–H groups in total. The van der Waals surface area contributed by atoms with Crippen LogP contribution in [0.2, 0.25) is 5.02 Å². The van der Waals surface area contributed by atoms with Gasteiger partial charge in [-0.05, 0) is 42.3 Å². The Hall–Kier alpha value is -2.20. The molecule has 0 bridgehead atoms. The molecule has 1 saturated heterocycles. The average molecular weight is 558 g/mol. The molecule has 2 aromatic rings. The molecule has 0 aliphatic carbocycles. The molecule has 1 atom stereocenters. The summed E-state index contributed by atoms with van der Waals surface area (Å²) >= 11 is 6.18. The topological polar surface area (TPSA) is 78.0 Å². The van der Waals surface area contributed by atoms with Crippen molar-refractivity contribution < 1.29 is 9.53 Å². The molecular weight excluding hydrogens is 529 g/mol. The zero-order chi connectivity index (χ0) is 21.5. The first-order valence-electron chi connectivity index (χ1n) is 9.90. The normalized spacial score (nSPS) is 15.8. The lowest BCUT2D eigenvalue weighted by molar-refractivity contribution is -0.114. The van der Waals surface area contributed by atoms with E-state index in [4.69, 9.17) is 16.3 Å². The summed E-state index contributed by atoms with van der Waals surface area (Å²) in [7, 11) is 3.43. The molecule has 0 radical (unpaired) electrons. The Morgan fingerprint density at radius 2 is 2.10 bits per heavy atom. The van der Waals surface area contributed by atoms with Crippen LogP contribution in [0.5, 0.6) is 5.75 Å². The predicted octanol–water partition coefficient (Wildman–Crippen LogP) is 3.87. The number of hydrogen-bond donors (Lipinski definition) is 3. The van der Waals surface area contributed by atoms with Crippen LogP contribution in [0.4, 0.5) is 11.4 Å². The van der Waals surface area contributed by atoms with Crippen LogP contribution in [0.25, 0.3) is 0 Å². The summed E-state index contributed by atoms with van der Waals surface area (Å²) < 4.78 is 5.49. The molecule has 1 amide bonds. The third-order valence-electron chi connectivity index (χ3n) is 4.94. The maximum absolute atomic E-state index is 11.2. The Morgan fingerprint density at radius 1 is 1.29 bits per heavy atom. The van der Waals surface area contributed by atoms with Crippen LogP contribution < -0.4 is 25.6 Å². The monoisotopic (exact) mass is 557 g/mol. The summed E-state index contributed by atoms with van der Waals surface area (Å²) in [4.78, 5) is 17.9. The second kappa shape index (κ2) is 12.0. The summed E-state index contributed by atoms with van der Waals surface area (Å²) in [5.74, 6) is 1.48. The fourth-order valence-electron chi connectivity index (χ4n) is 3.54. The van der Waals surface area contributed by atoms with Crippen molar-refractivity contribution in [2.24, 2.45) is 4.99 Å². The fourth-order valence-corrected chi connectivity index (χ4v) is 3.71. The van der Waals surface area contributed by atoms with Gasteiger partial charge in [0, 0.05) is 50.4 Å². The number of aliphatic imine (C=N–C) groups is 1. The van der Waals surface area contributed by atoms with Gasteiger partial charge in [0.25, 0.3) is 0 Å². The van der Waals surface area contributed by atoms with E-state index in [0.29, 0.717) is 11.6 Å². The molecule has 0 spiro atoms. The molecule has 1 unspecified atom stereocenters. The smallest absolute Gasteiger partial charge is 0.221 e. The van der Waals surface area contributed by atoms with Crippen molar-refractivity contribution in [3.63, 3.8) is 0 Å². The molecule has 0 aromatic heterocycles. The quantitative estimate of drug-likeness (QED) is 0.286. The van der Waals surface area contributed by atoms with Crippen LogP contribution in [0, 0.1) is 0 Å². The van der Waals surface area contributed by atoms with Crippen LogP contribution in [-0.4, -0.2) is 45.2 Å². The first kappa shape index (κ1) is 25.1. The molecule has 1 aliphatic rings. The lowest BCUT2D eigenvalue weighted by atomic mass is 10.2. The molecule has 1 heterocycles. The number of benzene rings is 2. The molecule has 168 valence electrons. The first-order valence-corrected chi connectivity index (χ1v) is 10.3. The minimum Gasteiger partial charge on any atom is -0.495 e. The van der Waals surface area contributed by atoms with E-state index in [1.165, 1.54) is 6.92 Å². The minimum absolute atomic E-state index is 0. The molecular formula is C22H29ClIN5O2. The number of ether oxygens (including phenoxy) is 1. The Balaban J connectivity index is 0.00000341. The molecule has 0 saturated carbocycles. The van der Waals surface area contributed by atoms with E-state index >= 15 is 0 Å². The van der Waals surface area contributed by atoms with Gasteiger partial charge in [-0.25, -0.2) is 0 Å². The van der Waals surface area contributed by atoms with Gasteiger partial charge in [0.05, 0.1) is 12.8 Å². The van der Waals surface area contributed by atoms with Crippen molar-refractivity contribution in [3.05, 3.63) is 53.1 Å². The van der Waals surface area contributed by atoms with Gasteiger partial charge in [-0.3, -0.25) is 9.79 Å². The van der Waals surface area contributed by atoms with Gasteiger partial charge < -0.3 is 25.6 Å². The maximum atomic E-state index is 11.2. The van der Waals surface area contributed by atoms with Crippen LogP contribution in [-0.2, 0) is 11.3 Å². The average Bonchev–Trinajstić information content (AvgIpc) is 3.19. The van der Waals surface area contributed by atoms with E-state index in [1.807, 2.05) is 42.5 Å². The number of halogens is 2. The summed E-state index contributed by atoms with van der Waals surface area (Å²) in [6.07, 6.45) is 0.981. The molecule has 7 nitrogen and oxygen atoms in total. The number of nitrogens with zero attached hydrogens (tertiary/aromatic N) is 2. The fraction of sp³-hybridized carbons (Fsp3) is 0.364. The minimum atomic E-state index is -0.0836. The van der Waals surface area contributed by atoms with E-state index in [9.17, 15) is 4.79 Å². The second-order valence-electron chi connectivity index (χ2n) is 7.20. The number of nitrogens with one attached hydrogen (secondary N) is 3. The molecule has 9 heteroatoms. The lowest BCUT2D eigenvalue weighted by Gasteiger charge is -2.22. The largest absolute Gasteiger partial charge is 0.495 e. The summed E-state index contributed by atoms with van der Waals surface area (Å²) in [6.45, 7) is 3.84. The van der Waals surface area contributed by atoms with Gasteiger partial charge in [-0.15, -0.1) is 24.0 Å². The number of rotatable bonds is 6. The number of methoxy groups -OCH3 is 1. The van der Waals surface area contributed by atoms with E-state index in [0.717, 1.165) is 48.2 Å². The number of guanidine groups is 1. The molecule has 31 heavy (non-hydrogen) atoms. The summed E-state index contributed by atoms with van der Waals surface area (Å²) in [5, 5.41) is 10.3. The molecule has 1 fully saturated rings. The van der Waals surface area contributed by atoms with Crippen molar-refractivity contribution in [1.82, 2.24) is 10.6 Å². The van der Waals surface area contributed by atoms with Crippen molar-refractivity contribution in [2.75, 3.05) is 37.5 Å². The highest BCUT2D eigenvalue weighted by Gasteiger charge is 2.25. The first-order chi connectivity index (χ1) is 14.5. The van der Waals surface area contributed by atoms with Crippen molar-refractivity contribution in [1.29, 1.82) is 0 Å². The van der Waals surface area contributed by atoms with Gasteiger partial charge in [-0.1, -0.05) is 23.7 Å². The number of carbonyl (C=O) groups is 1. The number of anilines is 2. The van der Waals surface area contributed by atoms with E-state index in [1.54, 1.807) is 14.2 Å². The third-order valence-corrected chi connectivity index (χ3v) is 5.18. The molecule has 2 aromatic carbocycles. The Labute approximate surface area is 205 Å². The molecule has 3 rings (SSSR count). The van der Waals surface area contributed by atoms with Crippen LogP contribution >= 0.6 is 35.6 Å². The van der Waals surface area contributed by atoms with Gasteiger partial charge in [-0.2, -0.15) is 0 Å². The van der Waals surface area contributed by atoms with Gasteiger partial charge in [0.15, 0.2) is 5.96 Å². The zero-order valence-corrected chi connectivity index (χ0v) is 21.0. The maximum Gasteiger partial charge on any atom is 0.221 e.